The minimum atomic E-state index is -0.551. The number of hydrogen-bond donors (Lipinski definition) is 4. The Hall–Kier alpha value is -3.21. The molecule has 0 bridgehead atoms. The van der Waals surface area contributed by atoms with Crippen molar-refractivity contribution in [2.45, 2.75) is 71.2 Å². The Morgan fingerprint density at radius 2 is 1.60 bits per heavy atom. The van der Waals surface area contributed by atoms with Gasteiger partial charge in [0.05, 0.1) is 25.4 Å². The van der Waals surface area contributed by atoms with Gasteiger partial charge in [-0.05, 0) is 40.7 Å². The maximum atomic E-state index is 12.5. The number of aliphatic hydroxyl groups excluding tert-OH is 2. The highest BCUT2D eigenvalue weighted by molar-refractivity contribution is 7.99. The van der Waals surface area contributed by atoms with E-state index >= 15 is 0 Å². The lowest BCUT2D eigenvalue weighted by Gasteiger charge is -2.41. The van der Waals surface area contributed by atoms with Crippen LogP contribution in [0.5, 0.6) is 0 Å². The van der Waals surface area contributed by atoms with Crippen LogP contribution in [0, 0.1) is 5.92 Å². The zero-order valence-electron chi connectivity index (χ0n) is 26.2. The Balaban J connectivity index is 1.41. The van der Waals surface area contributed by atoms with Crippen molar-refractivity contribution in [3.63, 3.8) is 0 Å². The second-order valence-corrected chi connectivity index (χ2v) is 12.6. The Morgan fingerprint density at radius 1 is 0.867 bits per heavy atom. The van der Waals surface area contributed by atoms with Crippen LogP contribution in [0.15, 0.2) is 72.8 Å². The first kappa shape index (κ1) is 34.7. The van der Waals surface area contributed by atoms with Crippen LogP contribution >= 0.6 is 11.8 Å². The summed E-state index contributed by atoms with van der Waals surface area (Å²) in [5, 5.41) is 24.6. The minimum absolute atomic E-state index is 0.00249. The summed E-state index contributed by atoms with van der Waals surface area (Å²) in [5.74, 6) is 1.49. The Morgan fingerprint density at radius 3 is 2.31 bits per heavy atom. The zero-order chi connectivity index (χ0) is 32.0. The molecule has 0 aromatic heterocycles. The summed E-state index contributed by atoms with van der Waals surface area (Å²) >= 11 is 1.67. The van der Waals surface area contributed by atoms with Crippen LogP contribution in [0.1, 0.15) is 74.2 Å². The molecule has 242 valence electrons. The number of ether oxygens (including phenoxy) is 2. The first-order valence-corrected chi connectivity index (χ1v) is 16.9. The van der Waals surface area contributed by atoms with Crippen LogP contribution < -0.4 is 10.6 Å². The maximum Gasteiger partial charge on any atom is 0.220 e. The van der Waals surface area contributed by atoms with Crippen LogP contribution in [0.3, 0.4) is 0 Å². The molecule has 45 heavy (non-hydrogen) atoms. The number of carbonyl (C=O) groups excluding carboxylic acids is 2. The van der Waals surface area contributed by atoms with E-state index in [0.29, 0.717) is 25.3 Å². The van der Waals surface area contributed by atoms with E-state index in [9.17, 15) is 19.8 Å². The summed E-state index contributed by atoms with van der Waals surface area (Å²) in [7, 11) is 0. The van der Waals surface area contributed by atoms with Crippen molar-refractivity contribution < 1.29 is 29.3 Å². The molecular weight excluding hydrogens is 588 g/mol. The summed E-state index contributed by atoms with van der Waals surface area (Å²) in [5.41, 5.74) is 5.95. The van der Waals surface area contributed by atoms with E-state index in [0.717, 1.165) is 58.4 Å². The van der Waals surface area contributed by atoms with Crippen molar-refractivity contribution in [3.05, 3.63) is 95.1 Å². The predicted octanol–water partition coefficient (Wildman–Crippen LogP) is 5.68. The summed E-state index contributed by atoms with van der Waals surface area (Å²) in [6.45, 7) is 4.86. The van der Waals surface area contributed by atoms with Crippen LogP contribution in [-0.2, 0) is 32.2 Å². The highest BCUT2D eigenvalue weighted by atomic mass is 32.2. The van der Waals surface area contributed by atoms with E-state index in [1.54, 1.807) is 11.8 Å². The molecule has 0 spiro atoms. The average molecular weight is 635 g/mol. The molecule has 4 rings (SSSR count). The smallest absolute Gasteiger partial charge is 0.220 e. The Bertz CT molecular complexity index is 1350. The molecule has 9 heteroatoms. The summed E-state index contributed by atoms with van der Waals surface area (Å²) < 4.78 is 13.1. The van der Waals surface area contributed by atoms with Crippen molar-refractivity contribution in [1.29, 1.82) is 0 Å². The molecule has 1 aliphatic heterocycles. The van der Waals surface area contributed by atoms with Gasteiger partial charge in [-0.1, -0.05) is 86.1 Å². The van der Waals surface area contributed by atoms with Crippen molar-refractivity contribution in [2.75, 3.05) is 24.7 Å². The van der Waals surface area contributed by atoms with Crippen molar-refractivity contribution >= 4 is 23.6 Å². The Kier molecular flexibility index (Phi) is 13.9. The van der Waals surface area contributed by atoms with Gasteiger partial charge in [-0.2, -0.15) is 11.8 Å². The topological polar surface area (TPSA) is 117 Å². The molecule has 1 fully saturated rings. The number of benzene rings is 3. The van der Waals surface area contributed by atoms with E-state index < -0.39 is 6.29 Å². The first-order valence-electron chi connectivity index (χ1n) is 15.8. The zero-order valence-corrected chi connectivity index (χ0v) is 27.1. The van der Waals surface area contributed by atoms with Gasteiger partial charge in [-0.3, -0.25) is 9.59 Å². The normalized spacial score (nSPS) is 19.6. The molecule has 1 aliphatic rings. The van der Waals surface area contributed by atoms with Crippen LogP contribution in [0.25, 0.3) is 11.1 Å². The fraction of sp³-hybridized carbons (Fsp3) is 0.444. The average Bonchev–Trinajstić information content (AvgIpc) is 3.06. The first-order chi connectivity index (χ1) is 21.9. The van der Waals surface area contributed by atoms with Gasteiger partial charge in [0.25, 0.3) is 0 Å². The highest BCUT2D eigenvalue weighted by Gasteiger charge is 2.38. The van der Waals surface area contributed by atoms with Crippen LogP contribution in [0.4, 0.5) is 0 Å². The van der Waals surface area contributed by atoms with Gasteiger partial charge in [0, 0.05) is 49.4 Å². The third kappa shape index (κ3) is 10.4. The standard InChI is InChI=1S/C36H46N2O6S/c1-25-33(24-45-21-20-39)43-36(44-35(25)29-13-11-27(23-40)12-14-29)30-17-15-28(16-18-30)32-9-6-5-8-31(32)22-38-34(42)10-4-3-7-19-37-26(2)41/h5-6,8-9,11-18,25,33,35-36,39-40H,3-4,7,10,19-24H2,1-2H3,(H,37,41)(H,38,42). The molecule has 4 atom stereocenters. The third-order valence-electron chi connectivity index (χ3n) is 8.08. The molecule has 1 saturated heterocycles. The lowest BCUT2D eigenvalue weighted by atomic mass is 9.91. The monoisotopic (exact) mass is 634 g/mol. The minimum Gasteiger partial charge on any atom is -0.396 e. The van der Waals surface area contributed by atoms with E-state index in [-0.39, 0.29) is 43.2 Å². The quantitative estimate of drug-likeness (QED) is 0.150. The van der Waals surface area contributed by atoms with Gasteiger partial charge in [-0.25, -0.2) is 0 Å². The van der Waals surface area contributed by atoms with E-state index in [1.165, 1.54) is 6.92 Å². The second kappa shape index (κ2) is 18.1. The number of hydrogen-bond acceptors (Lipinski definition) is 7. The lowest BCUT2D eigenvalue weighted by Crippen LogP contribution is -2.38. The van der Waals surface area contributed by atoms with Crippen molar-refractivity contribution in [3.8, 4) is 11.1 Å². The van der Waals surface area contributed by atoms with Gasteiger partial charge < -0.3 is 30.3 Å². The molecule has 0 aliphatic carbocycles. The molecule has 0 saturated carbocycles. The van der Waals surface area contributed by atoms with Gasteiger partial charge in [0.1, 0.15) is 0 Å². The summed E-state index contributed by atoms with van der Waals surface area (Å²) in [6.07, 6.45) is 2.20. The second-order valence-electron chi connectivity index (χ2n) is 11.5. The number of nitrogens with one attached hydrogen (secondary N) is 2. The van der Waals surface area contributed by atoms with E-state index in [4.69, 9.17) is 9.47 Å². The number of carbonyl (C=O) groups is 2. The Labute approximate surface area is 270 Å². The van der Waals surface area contributed by atoms with Crippen LogP contribution in [-0.4, -0.2) is 52.8 Å². The molecule has 2 amide bonds. The molecule has 1 heterocycles. The molecule has 4 unspecified atom stereocenters. The number of aliphatic hydroxyl groups is 2. The molecular formula is C36H46N2O6S. The van der Waals surface area contributed by atoms with E-state index in [1.807, 2.05) is 54.6 Å². The predicted molar refractivity (Wildman–Crippen MR) is 178 cm³/mol. The number of thioether (sulfide) groups is 1. The molecule has 0 radical (unpaired) electrons. The number of amides is 2. The van der Waals surface area contributed by atoms with E-state index in [2.05, 4.69) is 35.8 Å². The van der Waals surface area contributed by atoms with Gasteiger partial charge in [0.15, 0.2) is 6.29 Å². The third-order valence-corrected chi connectivity index (χ3v) is 9.12. The van der Waals surface area contributed by atoms with Gasteiger partial charge >= 0.3 is 0 Å². The van der Waals surface area contributed by atoms with Crippen LogP contribution in [0.2, 0.25) is 0 Å². The molecule has 8 nitrogen and oxygen atoms in total. The summed E-state index contributed by atoms with van der Waals surface area (Å²) in [4.78, 5) is 23.4. The number of unbranched alkanes of at least 4 members (excludes halogenated alkanes) is 2. The number of rotatable bonds is 16. The highest BCUT2D eigenvalue weighted by Crippen LogP contribution is 2.42. The molecule has 3 aromatic carbocycles. The molecule has 3 aromatic rings. The van der Waals surface area contributed by atoms with Crippen molar-refractivity contribution in [2.24, 2.45) is 5.92 Å². The lowest BCUT2D eigenvalue weighted by molar-refractivity contribution is -0.268. The van der Waals surface area contributed by atoms with Gasteiger partial charge in [0.2, 0.25) is 11.8 Å². The maximum absolute atomic E-state index is 12.5. The van der Waals surface area contributed by atoms with Crippen molar-refractivity contribution in [1.82, 2.24) is 10.6 Å². The summed E-state index contributed by atoms with van der Waals surface area (Å²) in [6, 6.07) is 24.2. The molecule has 4 N–H and O–H groups in total. The fourth-order valence-corrected chi connectivity index (χ4v) is 6.39. The SMILES string of the molecule is CC(=O)NCCCCCC(=O)NCc1ccccc1-c1ccc(C2OC(CSCCO)C(C)C(c3ccc(CO)cc3)O2)cc1. The van der Waals surface area contributed by atoms with Gasteiger partial charge in [-0.15, -0.1) is 0 Å². The largest absolute Gasteiger partial charge is 0.396 e. The fourth-order valence-electron chi connectivity index (χ4n) is 5.48.